The quantitative estimate of drug-likeness (QED) is 0.799. The second-order valence-electron chi connectivity index (χ2n) is 5.31. The van der Waals surface area contributed by atoms with E-state index in [1.807, 2.05) is 24.4 Å². The summed E-state index contributed by atoms with van der Waals surface area (Å²) >= 11 is 0. The highest BCUT2D eigenvalue weighted by molar-refractivity contribution is 5.97. The Bertz CT molecular complexity index is 628. The van der Waals surface area contributed by atoms with Crippen molar-refractivity contribution in [1.29, 1.82) is 0 Å². The van der Waals surface area contributed by atoms with Gasteiger partial charge in [-0.25, -0.2) is 0 Å². The normalized spacial score (nSPS) is 14.8. The molecule has 0 saturated heterocycles. The fourth-order valence-electron chi connectivity index (χ4n) is 2.86. The third kappa shape index (κ3) is 2.48. The van der Waals surface area contributed by atoms with Crippen molar-refractivity contribution in [2.45, 2.75) is 32.2 Å². The van der Waals surface area contributed by atoms with Gasteiger partial charge >= 0.3 is 0 Å². The second-order valence-corrected chi connectivity index (χ2v) is 5.31. The molecule has 0 saturated carbocycles. The number of carbonyl (C=O) groups is 1. The van der Waals surface area contributed by atoms with E-state index in [4.69, 9.17) is 4.74 Å². The van der Waals surface area contributed by atoms with Crippen molar-refractivity contribution < 1.29 is 9.53 Å². The number of ether oxygens (including phenoxy) is 1. The van der Waals surface area contributed by atoms with E-state index < -0.39 is 0 Å². The molecular weight excluding hydrogens is 250 g/mol. The molecule has 0 fully saturated rings. The SMILES string of the molecule is COc1ccccc1Cn1cc2c(c1)C(=O)CCCC2. The molecule has 0 N–H and O–H groups in total. The van der Waals surface area contributed by atoms with Gasteiger partial charge in [0.15, 0.2) is 5.78 Å². The number of methoxy groups -OCH3 is 1. The Hall–Kier alpha value is -2.03. The fraction of sp³-hybridized carbons (Fsp3) is 0.353. The van der Waals surface area contributed by atoms with Crippen molar-refractivity contribution in [1.82, 2.24) is 4.57 Å². The van der Waals surface area contributed by atoms with Gasteiger partial charge in [0.25, 0.3) is 0 Å². The van der Waals surface area contributed by atoms with Crippen LogP contribution in [0.3, 0.4) is 0 Å². The van der Waals surface area contributed by atoms with Gasteiger partial charge in [0, 0.05) is 29.9 Å². The molecule has 3 nitrogen and oxygen atoms in total. The Morgan fingerprint density at radius 1 is 1.15 bits per heavy atom. The van der Waals surface area contributed by atoms with Crippen LogP contribution >= 0.6 is 0 Å². The van der Waals surface area contributed by atoms with E-state index in [1.54, 1.807) is 7.11 Å². The molecule has 0 unspecified atom stereocenters. The average molecular weight is 269 g/mol. The molecule has 1 aliphatic rings. The molecule has 0 aliphatic heterocycles. The lowest BCUT2D eigenvalue weighted by Crippen LogP contribution is -2.00. The van der Waals surface area contributed by atoms with Gasteiger partial charge in [-0.15, -0.1) is 0 Å². The number of hydrogen-bond donors (Lipinski definition) is 0. The summed E-state index contributed by atoms with van der Waals surface area (Å²) in [5, 5.41) is 0. The topological polar surface area (TPSA) is 31.2 Å². The lowest BCUT2D eigenvalue weighted by atomic mass is 10.1. The van der Waals surface area contributed by atoms with Crippen molar-refractivity contribution in [3.63, 3.8) is 0 Å². The van der Waals surface area contributed by atoms with Gasteiger partial charge in [0.05, 0.1) is 13.7 Å². The van der Waals surface area contributed by atoms with E-state index in [0.717, 1.165) is 42.7 Å². The fourth-order valence-corrected chi connectivity index (χ4v) is 2.86. The Morgan fingerprint density at radius 3 is 2.80 bits per heavy atom. The smallest absolute Gasteiger partial charge is 0.164 e. The number of carbonyl (C=O) groups excluding carboxylic acids is 1. The summed E-state index contributed by atoms with van der Waals surface area (Å²) in [5.74, 6) is 1.18. The first-order valence-corrected chi connectivity index (χ1v) is 7.11. The number of aromatic nitrogens is 1. The van der Waals surface area contributed by atoms with Crippen molar-refractivity contribution in [3.8, 4) is 5.75 Å². The highest BCUT2D eigenvalue weighted by Gasteiger charge is 2.17. The van der Waals surface area contributed by atoms with Gasteiger partial charge in [0.2, 0.25) is 0 Å². The van der Waals surface area contributed by atoms with E-state index in [0.29, 0.717) is 6.42 Å². The first-order valence-electron chi connectivity index (χ1n) is 7.11. The Morgan fingerprint density at radius 2 is 1.95 bits per heavy atom. The van der Waals surface area contributed by atoms with Crippen LogP contribution < -0.4 is 4.74 Å². The molecular formula is C17H19NO2. The minimum Gasteiger partial charge on any atom is -0.496 e. The van der Waals surface area contributed by atoms with Crippen LogP contribution in [-0.4, -0.2) is 17.5 Å². The zero-order valence-corrected chi connectivity index (χ0v) is 11.8. The molecule has 20 heavy (non-hydrogen) atoms. The average Bonchev–Trinajstić information content (AvgIpc) is 2.79. The van der Waals surface area contributed by atoms with E-state index in [-0.39, 0.29) is 5.78 Å². The number of nitrogens with zero attached hydrogens (tertiary/aromatic N) is 1. The van der Waals surface area contributed by atoms with Gasteiger partial charge in [-0.2, -0.15) is 0 Å². The summed E-state index contributed by atoms with van der Waals surface area (Å²) in [5.41, 5.74) is 3.24. The van der Waals surface area contributed by atoms with E-state index in [9.17, 15) is 4.79 Å². The summed E-state index contributed by atoms with van der Waals surface area (Å²) in [6.07, 6.45) is 7.93. The molecule has 1 heterocycles. The highest BCUT2D eigenvalue weighted by atomic mass is 16.5. The number of para-hydroxylation sites is 1. The Kier molecular flexibility index (Phi) is 3.59. The first-order chi connectivity index (χ1) is 9.78. The molecule has 2 aromatic rings. The molecule has 0 radical (unpaired) electrons. The maximum atomic E-state index is 12.1. The Labute approximate surface area is 119 Å². The van der Waals surface area contributed by atoms with Crippen molar-refractivity contribution >= 4 is 5.78 Å². The largest absolute Gasteiger partial charge is 0.496 e. The van der Waals surface area contributed by atoms with Gasteiger partial charge < -0.3 is 9.30 Å². The molecule has 0 atom stereocenters. The van der Waals surface area contributed by atoms with E-state index in [1.165, 1.54) is 5.56 Å². The third-order valence-corrected chi connectivity index (χ3v) is 3.91. The Balaban J connectivity index is 1.89. The molecule has 0 amide bonds. The highest BCUT2D eigenvalue weighted by Crippen LogP contribution is 2.24. The molecule has 1 aromatic carbocycles. The number of ketones is 1. The van der Waals surface area contributed by atoms with E-state index in [2.05, 4.69) is 16.8 Å². The van der Waals surface area contributed by atoms with Gasteiger partial charge in [0.1, 0.15) is 5.75 Å². The lowest BCUT2D eigenvalue weighted by Gasteiger charge is -2.08. The number of hydrogen-bond acceptors (Lipinski definition) is 2. The molecule has 1 aliphatic carbocycles. The summed E-state index contributed by atoms with van der Waals surface area (Å²) < 4.78 is 7.48. The van der Waals surface area contributed by atoms with Crippen LogP contribution in [0, 0.1) is 0 Å². The standard InChI is InChI=1S/C17H19NO2/c1-20-17-9-5-3-7-14(17)11-18-10-13-6-2-4-8-16(19)15(13)12-18/h3,5,7,9-10,12H,2,4,6,8,11H2,1H3. The number of Topliss-reactive ketones (excluding diaryl/α,β-unsaturated/α-hetero) is 1. The zero-order chi connectivity index (χ0) is 13.9. The monoisotopic (exact) mass is 269 g/mol. The summed E-state index contributed by atoms with van der Waals surface area (Å²) in [6.45, 7) is 0.740. The van der Waals surface area contributed by atoms with Crippen molar-refractivity contribution in [3.05, 3.63) is 53.3 Å². The predicted octanol–water partition coefficient (Wildman–Crippen LogP) is 3.45. The van der Waals surface area contributed by atoms with Crippen LogP contribution in [0.15, 0.2) is 36.7 Å². The first kappa shape index (κ1) is 13.0. The summed E-state index contributed by atoms with van der Waals surface area (Å²) in [7, 11) is 1.69. The van der Waals surface area contributed by atoms with Crippen LogP contribution in [0.2, 0.25) is 0 Å². The van der Waals surface area contributed by atoms with Crippen LogP contribution in [0.25, 0.3) is 0 Å². The van der Waals surface area contributed by atoms with Crippen LogP contribution in [0.5, 0.6) is 5.75 Å². The molecule has 3 heteroatoms. The summed E-state index contributed by atoms with van der Waals surface area (Å²) in [4.78, 5) is 12.1. The predicted molar refractivity (Wildman–Crippen MR) is 78.4 cm³/mol. The second kappa shape index (κ2) is 5.53. The number of benzene rings is 1. The third-order valence-electron chi connectivity index (χ3n) is 3.91. The van der Waals surface area contributed by atoms with Crippen molar-refractivity contribution in [2.75, 3.05) is 7.11 Å². The number of rotatable bonds is 3. The maximum Gasteiger partial charge on any atom is 0.164 e. The lowest BCUT2D eigenvalue weighted by molar-refractivity contribution is 0.0982. The van der Waals surface area contributed by atoms with Gasteiger partial charge in [-0.05, 0) is 30.9 Å². The zero-order valence-electron chi connectivity index (χ0n) is 11.8. The van der Waals surface area contributed by atoms with Crippen LogP contribution in [0.4, 0.5) is 0 Å². The minimum atomic E-state index is 0.288. The maximum absolute atomic E-state index is 12.1. The van der Waals surface area contributed by atoms with Crippen LogP contribution in [-0.2, 0) is 13.0 Å². The van der Waals surface area contributed by atoms with Gasteiger partial charge in [-0.1, -0.05) is 18.2 Å². The number of aryl methyl sites for hydroxylation is 1. The van der Waals surface area contributed by atoms with E-state index >= 15 is 0 Å². The summed E-state index contributed by atoms with van der Waals surface area (Å²) in [6, 6.07) is 8.01. The number of fused-ring (bicyclic) bond motifs is 1. The molecule has 104 valence electrons. The molecule has 3 rings (SSSR count). The minimum absolute atomic E-state index is 0.288. The van der Waals surface area contributed by atoms with Gasteiger partial charge in [-0.3, -0.25) is 4.79 Å². The van der Waals surface area contributed by atoms with Crippen molar-refractivity contribution in [2.24, 2.45) is 0 Å². The molecule has 0 bridgehead atoms. The molecule has 0 spiro atoms. The molecule has 1 aromatic heterocycles. The van der Waals surface area contributed by atoms with Crippen LogP contribution in [0.1, 0.15) is 40.7 Å².